The van der Waals surface area contributed by atoms with Crippen LogP contribution in [0.3, 0.4) is 0 Å². The van der Waals surface area contributed by atoms with Crippen LogP contribution in [-0.2, 0) is 4.74 Å². The summed E-state index contributed by atoms with van der Waals surface area (Å²) in [7, 11) is 0. The molecule has 0 unspecified atom stereocenters. The second-order valence-corrected chi connectivity index (χ2v) is 7.21. The lowest BCUT2D eigenvalue weighted by Crippen LogP contribution is -2.46. The zero-order valence-electron chi connectivity index (χ0n) is 14.9. The number of nitrogens with two attached hydrogens (primary N) is 1. The van der Waals surface area contributed by atoms with Crippen molar-refractivity contribution in [2.24, 2.45) is 0 Å². The molecule has 0 spiro atoms. The fourth-order valence-electron chi connectivity index (χ4n) is 2.77. The quantitative estimate of drug-likeness (QED) is 0.900. The molecule has 1 aromatic carbocycles. The summed E-state index contributed by atoms with van der Waals surface area (Å²) in [6.45, 7) is 6.67. The number of nitrogens with zero attached hydrogens (tertiary/aromatic N) is 3. The fourth-order valence-corrected chi connectivity index (χ4v) is 2.77. The molecule has 3 rings (SSSR count). The lowest BCUT2D eigenvalue weighted by atomic mass is 10.1. The van der Waals surface area contributed by atoms with E-state index >= 15 is 0 Å². The molecular formula is C18H24N4O3. The first-order chi connectivity index (χ1) is 11.8. The predicted molar refractivity (Wildman–Crippen MR) is 95.4 cm³/mol. The summed E-state index contributed by atoms with van der Waals surface area (Å²) in [5.41, 5.74) is 6.92. The fraction of sp³-hybridized carbons (Fsp3) is 0.500. The molecule has 7 nitrogen and oxygen atoms in total. The maximum atomic E-state index is 12.2. The summed E-state index contributed by atoms with van der Waals surface area (Å²) >= 11 is 0. The molecule has 2 N–H and O–H groups in total. The minimum atomic E-state index is -0.515. The Labute approximate surface area is 147 Å². The molecule has 1 amide bonds. The number of piperidine rings is 1. The summed E-state index contributed by atoms with van der Waals surface area (Å²) in [6.07, 6.45) is 1.16. The van der Waals surface area contributed by atoms with Crippen LogP contribution in [0.2, 0.25) is 0 Å². The van der Waals surface area contributed by atoms with Gasteiger partial charge in [-0.15, -0.1) is 0 Å². The first-order valence-corrected chi connectivity index (χ1v) is 8.49. The summed E-state index contributed by atoms with van der Waals surface area (Å²) in [6, 6.07) is 7.49. The van der Waals surface area contributed by atoms with Gasteiger partial charge in [0.1, 0.15) is 11.7 Å². The van der Waals surface area contributed by atoms with Crippen LogP contribution in [0.4, 0.5) is 10.6 Å². The third-order valence-electron chi connectivity index (χ3n) is 3.87. The Morgan fingerprint density at radius 1 is 1.24 bits per heavy atom. The Hall–Kier alpha value is -2.57. The number of aromatic nitrogens is 2. The number of para-hydroxylation sites is 2. The highest BCUT2D eigenvalue weighted by Gasteiger charge is 2.29. The van der Waals surface area contributed by atoms with Gasteiger partial charge in [0, 0.05) is 6.54 Å². The highest BCUT2D eigenvalue weighted by molar-refractivity contribution is 5.76. The largest absolute Gasteiger partial charge is 0.470 e. The summed E-state index contributed by atoms with van der Waals surface area (Å²) < 4.78 is 11.4. The minimum absolute atomic E-state index is 0.181. The first-order valence-electron chi connectivity index (χ1n) is 8.49. The molecule has 0 bridgehead atoms. The maximum Gasteiger partial charge on any atom is 0.410 e. The third-order valence-corrected chi connectivity index (χ3v) is 3.87. The smallest absolute Gasteiger partial charge is 0.410 e. The van der Waals surface area contributed by atoms with E-state index in [2.05, 4.69) is 9.97 Å². The standard InChI is InChI=1S/C18H24N4O3/c1-18(2,3)25-17(23)22-10-6-7-12(11-22)24-16-15(19)20-13-8-4-5-9-14(13)21-16/h4-5,8-9,12H,6-7,10-11H2,1-3H3,(H2,19,20)/t12-/m1/s1. The van der Waals surface area contributed by atoms with Gasteiger partial charge in [0.15, 0.2) is 5.82 Å². The number of likely N-dealkylation sites (tertiary alicyclic amines) is 1. The lowest BCUT2D eigenvalue weighted by molar-refractivity contribution is 0.00734. The molecule has 1 aliphatic heterocycles. The second-order valence-electron chi connectivity index (χ2n) is 7.21. The number of ether oxygens (including phenoxy) is 2. The van der Waals surface area contributed by atoms with Crippen molar-refractivity contribution < 1.29 is 14.3 Å². The van der Waals surface area contributed by atoms with Gasteiger partial charge in [0.05, 0.1) is 17.6 Å². The van der Waals surface area contributed by atoms with E-state index in [1.54, 1.807) is 4.90 Å². The molecule has 2 heterocycles. The Kier molecular flexibility index (Phi) is 4.65. The molecule has 0 radical (unpaired) electrons. The Morgan fingerprint density at radius 3 is 2.60 bits per heavy atom. The highest BCUT2D eigenvalue weighted by Crippen LogP contribution is 2.24. The molecule has 1 fully saturated rings. The number of nitrogen functional groups attached to an aromatic ring is 1. The predicted octanol–water partition coefficient (Wildman–Crippen LogP) is 2.99. The molecule has 0 saturated carbocycles. The van der Waals surface area contributed by atoms with Crippen LogP contribution < -0.4 is 10.5 Å². The molecule has 1 aliphatic rings. The summed E-state index contributed by atoms with van der Waals surface area (Å²) in [4.78, 5) is 22.7. The van der Waals surface area contributed by atoms with Crippen molar-refractivity contribution in [1.29, 1.82) is 0 Å². The normalized spacial score (nSPS) is 18.2. The number of fused-ring (bicyclic) bond motifs is 1. The number of amides is 1. The molecule has 1 atom stereocenters. The zero-order chi connectivity index (χ0) is 18.0. The molecule has 7 heteroatoms. The van der Waals surface area contributed by atoms with Gasteiger partial charge < -0.3 is 20.1 Å². The van der Waals surface area contributed by atoms with Crippen molar-refractivity contribution in [2.75, 3.05) is 18.8 Å². The Balaban J connectivity index is 1.70. The minimum Gasteiger partial charge on any atom is -0.470 e. The number of carbonyl (C=O) groups excluding carboxylic acids is 1. The van der Waals surface area contributed by atoms with Crippen LogP contribution in [0.25, 0.3) is 11.0 Å². The zero-order valence-corrected chi connectivity index (χ0v) is 14.9. The molecule has 134 valence electrons. The van der Waals surface area contributed by atoms with E-state index in [0.29, 0.717) is 19.0 Å². The van der Waals surface area contributed by atoms with Gasteiger partial charge in [-0.3, -0.25) is 0 Å². The maximum absolute atomic E-state index is 12.2. The van der Waals surface area contributed by atoms with Crippen molar-refractivity contribution in [3.05, 3.63) is 24.3 Å². The SMILES string of the molecule is CC(C)(C)OC(=O)N1CCC[C@@H](Oc2nc3ccccc3nc2N)C1. The highest BCUT2D eigenvalue weighted by atomic mass is 16.6. The van der Waals surface area contributed by atoms with E-state index in [-0.39, 0.29) is 18.0 Å². The van der Waals surface area contributed by atoms with E-state index in [1.807, 2.05) is 45.0 Å². The lowest BCUT2D eigenvalue weighted by Gasteiger charge is -2.34. The van der Waals surface area contributed by atoms with Crippen LogP contribution >= 0.6 is 0 Å². The van der Waals surface area contributed by atoms with E-state index < -0.39 is 5.60 Å². The number of anilines is 1. The van der Waals surface area contributed by atoms with Crippen LogP contribution in [0, 0.1) is 0 Å². The van der Waals surface area contributed by atoms with Crippen LogP contribution in [-0.4, -0.2) is 45.8 Å². The molecule has 1 aromatic heterocycles. The van der Waals surface area contributed by atoms with Gasteiger partial charge in [-0.25, -0.2) is 14.8 Å². The van der Waals surface area contributed by atoms with Crippen molar-refractivity contribution in [3.63, 3.8) is 0 Å². The Morgan fingerprint density at radius 2 is 1.92 bits per heavy atom. The first kappa shape index (κ1) is 17.3. The van der Waals surface area contributed by atoms with E-state index in [9.17, 15) is 4.79 Å². The van der Waals surface area contributed by atoms with Gasteiger partial charge in [0.25, 0.3) is 5.88 Å². The Bertz CT molecular complexity index is 772. The molecule has 0 aliphatic carbocycles. The second kappa shape index (κ2) is 6.74. The topological polar surface area (TPSA) is 90.6 Å². The number of hydrogen-bond donors (Lipinski definition) is 1. The van der Waals surface area contributed by atoms with E-state index in [0.717, 1.165) is 23.9 Å². The number of carbonyl (C=O) groups is 1. The van der Waals surface area contributed by atoms with Crippen molar-refractivity contribution in [1.82, 2.24) is 14.9 Å². The third kappa shape index (κ3) is 4.29. The van der Waals surface area contributed by atoms with Crippen LogP contribution in [0.1, 0.15) is 33.6 Å². The molecule has 25 heavy (non-hydrogen) atoms. The van der Waals surface area contributed by atoms with Crippen molar-refractivity contribution >= 4 is 22.9 Å². The number of rotatable bonds is 2. The van der Waals surface area contributed by atoms with Gasteiger partial charge in [-0.2, -0.15) is 0 Å². The van der Waals surface area contributed by atoms with Crippen LogP contribution in [0.15, 0.2) is 24.3 Å². The van der Waals surface area contributed by atoms with Crippen LogP contribution in [0.5, 0.6) is 5.88 Å². The van der Waals surface area contributed by atoms with E-state index in [4.69, 9.17) is 15.2 Å². The summed E-state index contributed by atoms with van der Waals surface area (Å²) in [5, 5.41) is 0. The number of hydrogen-bond acceptors (Lipinski definition) is 6. The van der Waals surface area contributed by atoms with Gasteiger partial charge in [-0.05, 0) is 45.7 Å². The van der Waals surface area contributed by atoms with Gasteiger partial charge >= 0.3 is 6.09 Å². The average Bonchev–Trinajstić information content (AvgIpc) is 2.54. The molecular weight excluding hydrogens is 320 g/mol. The van der Waals surface area contributed by atoms with Crippen molar-refractivity contribution in [3.8, 4) is 5.88 Å². The van der Waals surface area contributed by atoms with Gasteiger partial charge in [0.2, 0.25) is 0 Å². The van der Waals surface area contributed by atoms with Crippen molar-refractivity contribution in [2.45, 2.75) is 45.3 Å². The molecule has 2 aromatic rings. The van der Waals surface area contributed by atoms with Gasteiger partial charge in [-0.1, -0.05) is 12.1 Å². The summed E-state index contributed by atoms with van der Waals surface area (Å²) in [5.74, 6) is 0.572. The monoisotopic (exact) mass is 344 g/mol. The number of benzene rings is 1. The molecule has 1 saturated heterocycles. The average molecular weight is 344 g/mol. The van der Waals surface area contributed by atoms with E-state index in [1.165, 1.54) is 0 Å².